The summed E-state index contributed by atoms with van der Waals surface area (Å²) in [6.45, 7) is 5.10. The average Bonchev–Trinajstić information content (AvgIpc) is 2.83. The first-order chi connectivity index (χ1) is 16.2. The fourth-order valence-corrected chi connectivity index (χ4v) is 3.67. The van der Waals surface area contributed by atoms with Gasteiger partial charge in [-0.1, -0.05) is 95.0 Å². The molecule has 2 aromatic rings. The van der Waals surface area contributed by atoms with Crippen LogP contribution < -0.4 is 14.8 Å². The minimum atomic E-state index is -0.591. The summed E-state index contributed by atoms with van der Waals surface area (Å²) in [7, 11) is 0. The summed E-state index contributed by atoms with van der Waals surface area (Å²) in [5.74, 6) is 0.598. The molecule has 0 atom stereocenters. The smallest absolute Gasteiger partial charge is 0.412 e. The van der Waals surface area contributed by atoms with Crippen molar-refractivity contribution in [2.75, 3.05) is 13.2 Å². The maximum absolute atomic E-state index is 12.9. The van der Waals surface area contributed by atoms with Crippen LogP contribution in [0.5, 0.6) is 11.5 Å². The minimum absolute atomic E-state index is 0.198. The van der Waals surface area contributed by atoms with Crippen LogP contribution >= 0.6 is 0 Å². The third-order valence-electron chi connectivity index (χ3n) is 5.52. The summed E-state index contributed by atoms with van der Waals surface area (Å²) in [4.78, 5) is 24.9. The molecule has 0 aromatic heterocycles. The van der Waals surface area contributed by atoms with Crippen molar-refractivity contribution in [3.63, 3.8) is 0 Å². The fraction of sp³-hybridized carbons (Fsp3) is 0.500. The van der Waals surface area contributed by atoms with Gasteiger partial charge in [0.15, 0.2) is 5.78 Å². The van der Waals surface area contributed by atoms with E-state index in [2.05, 4.69) is 12.2 Å². The van der Waals surface area contributed by atoms with E-state index < -0.39 is 6.09 Å². The molecule has 5 nitrogen and oxygen atoms in total. The number of ketones is 1. The van der Waals surface area contributed by atoms with Gasteiger partial charge in [-0.2, -0.15) is 0 Å². The second-order valence-electron chi connectivity index (χ2n) is 8.30. The molecular formula is C28H39NO4. The van der Waals surface area contributed by atoms with Gasteiger partial charge in [0.2, 0.25) is 0 Å². The van der Waals surface area contributed by atoms with Gasteiger partial charge in [0.05, 0.1) is 12.2 Å². The number of ether oxygens (including phenoxy) is 2. The standard InChI is InChI=1S/C28H39NO4/c1-3-5-6-7-8-9-10-11-12-16-21-32-24-19-20-25(26(22-24)33-28(31)29-4-2)27(30)23-17-14-13-15-18-23/h13-15,17-20,22H,3-12,16,21H2,1-2H3,(H,29,31). The van der Waals surface area contributed by atoms with Gasteiger partial charge in [0.25, 0.3) is 0 Å². The molecule has 180 valence electrons. The fourth-order valence-electron chi connectivity index (χ4n) is 3.67. The number of rotatable bonds is 16. The lowest BCUT2D eigenvalue weighted by molar-refractivity contribution is 0.103. The molecule has 33 heavy (non-hydrogen) atoms. The van der Waals surface area contributed by atoms with Gasteiger partial charge in [-0.05, 0) is 25.5 Å². The number of amides is 1. The van der Waals surface area contributed by atoms with Crippen LogP contribution in [-0.4, -0.2) is 25.0 Å². The molecule has 0 aliphatic rings. The molecule has 2 rings (SSSR count). The number of hydrogen-bond donors (Lipinski definition) is 1. The van der Waals surface area contributed by atoms with Crippen LogP contribution in [0.4, 0.5) is 4.79 Å². The first-order valence-corrected chi connectivity index (χ1v) is 12.5. The van der Waals surface area contributed by atoms with Gasteiger partial charge < -0.3 is 14.8 Å². The molecule has 0 fully saturated rings. The highest BCUT2D eigenvalue weighted by molar-refractivity contribution is 6.11. The van der Waals surface area contributed by atoms with Crippen molar-refractivity contribution in [3.05, 3.63) is 59.7 Å². The SMILES string of the molecule is CCCCCCCCCCCCOc1ccc(C(=O)c2ccccc2)c(OC(=O)NCC)c1. The van der Waals surface area contributed by atoms with E-state index in [1.807, 2.05) is 25.1 Å². The van der Waals surface area contributed by atoms with E-state index in [0.717, 1.165) is 12.8 Å². The van der Waals surface area contributed by atoms with Crippen LogP contribution in [0.1, 0.15) is 94.0 Å². The normalized spacial score (nSPS) is 10.6. The summed E-state index contributed by atoms with van der Waals surface area (Å²) in [5.41, 5.74) is 0.871. The molecule has 0 aliphatic carbocycles. The maximum Gasteiger partial charge on any atom is 0.412 e. The average molecular weight is 454 g/mol. The lowest BCUT2D eigenvalue weighted by Gasteiger charge is -2.13. The summed E-state index contributed by atoms with van der Waals surface area (Å²) in [5, 5.41) is 2.60. The first-order valence-electron chi connectivity index (χ1n) is 12.5. The summed E-state index contributed by atoms with van der Waals surface area (Å²) >= 11 is 0. The Balaban J connectivity index is 1.85. The van der Waals surface area contributed by atoms with Crippen molar-refractivity contribution in [2.24, 2.45) is 0 Å². The molecule has 5 heteroatoms. The predicted molar refractivity (Wildman–Crippen MR) is 133 cm³/mol. The van der Waals surface area contributed by atoms with Crippen LogP contribution in [0, 0.1) is 0 Å². The Hall–Kier alpha value is -2.82. The van der Waals surface area contributed by atoms with Crippen LogP contribution in [0.25, 0.3) is 0 Å². The zero-order chi connectivity index (χ0) is 23.7. The van der Waals surface area contributed by atoms with Crippen LogP contribution in [0.15, 0.2) is 48.5 Å². The monoisotopic (exact) mass is 453 g/mol. The second-order valence-corrected chi connectivity index (χ2v) is 8.30. The van der Waals surface area contributed by atoms with Gasteiger partial charge in [0, 0.05) is 18.2 Å². The molecule has 1 N–H and O–H groups in total. The van der Waals surface area contributed by atoms with E-state index in [1.165, 1.54) is 51.4 Å². The Labute approximate surface area is 198 Å². The molecule has 0 bridgehead atoms. The summed E-state index contributed by atoms with van der Waals surface area (Å²) < 4.78 is 11.3. The highest BCUT2D eigenvalue weighted by Crippen LogP contribution is 2.28. The number of benzene rings is 2. The van der Waals surface area contributed by atoms with Crippen LogP contribution in [0.3, 0.4) is 0 Å². The zero-order valence-electron chi connectivity index (χ0n) is 20.2. The number of hydrogen-bond acceptors (Lipinski definition) is 4. The van der Waals surface area contributed by atoms with Crippen LogP contribution in [-0.2, 0) is 0 Å². The van der Waals surface area contributed by atoms with E-state index in [4.69, 9.17) is 9.47 Å². The number of nitrogens with one attached hydrogen (secondary N) is 1. The van der Waals surface area contributed by atoms with E-state index in [9.17, 15) is 9.59 Å². The predicted octanol–water partition coefficient (Wildman–Crippen LogP) is 7.33. The van der Waals surface area contributed by atoms with Gasteiger partial charge in [-0.25, -0.2) is 4.79 Å². The molecule has 0 saturated heterocycles. The van der Waals surface area contributed by atoms with Gasteiger partial charge in [0.1, 0.15) is 11.5 Å². The highest BCUT2D eigenvalue weighted by Gasteiger charge is 2.18. The molecule has 0 aliphatic heterocycles. The van der Waals surface area contributed by atoms with E-state index in [1.54, 1.807) is 30.3 Å². The second kappa shape index (κ2) is 15.9. The molecular weight excluding hydrogens is 414 g/mol. The summed E-state index contributed by atoms with van der Waals surface area (Å²) in [6.07, 6.45) is 12.1. The first kappa shape index (κ1) is 26.4. The Morgan fingerprint density at radius 2 is 1.42 bits per heavy atom. The van der Waals surface area contributed by atoms with Crippen molar-refractivity contribution >= 4 is 11.9 Å². The molecule has 0 saturated carbocycles. The lowest BCUT2D eigenvalue weighted by atomic mass is 10.0. The lowest BCUT2D eigenvalue weighted by Crippen LogP contribution is -2.27. The van der Waals surface area contributed by atoms with Crippen molar-refractivity contribution in [1.82, 2.24) is 5.32 Å². The number of carbonyl (C=O) groups excluding carboxylic acids is 2. The quantitative estimate of drug-likeness (QED) is 0.213. The minimum Gasteiger partial charge on any atom is -0.493 e. The van der Waals surface area contributed by atoms with Crippen molar-refractivity contribution < 1.29 is 19.1 Å². The Bertz CT molecular complexity index is 835. The zero-order valence-corrected chi connectivity index (χ0v) is 20.2. The Morgan fingerprint density at radius 1 is 0.788 bits per heavy atom. The third-order valence-corrected chi connectivity index (χ3v) is 5.52. The Kier molecular flexibility index (Phi) is 12.7. The van der Waals surface area contributed by atoms with E-state index in [-0.39, 0.29) is 11.5 Å². The number of carbonyl (C=O) groups is 2. The molecule has 0 unspecified atom stereocenters. The van der Waals surface area contributed by atoms with E-state index in [0.29, 0.717) is 30.0 Å². The van der Waals surface area contributed by atoms with Gasteiger partial charge >= 0.3 is 6.09 Å². The Morgan fingerprint density at radius 3 is 2.06 bits per heavy atom. The van der Waals surface area contributed by atoms with Crippen LogP contribution in [0.2, 0.25) is 0 Å². The molecule has 1 amide bonds. The van der Waals surface area contributed by atoms with E-state index >= 15 is 0 Å². The van der Waals surface area contributed by atoms with Crippen molar-refractivity contribution in [1.29, 1.82) is 0 Å². The molecule has 2 aromatic carbocycles. The largest absolute Gasteiger partial charge is 0.493 e. The number of unbranched alkanes of at least 4 members (excludes halogenated alkanes) is 9. The van der Waals surface area contributed by atoms with Crippen molar-refractivity contribution in [3.8, 4) is 11.5 Å². The molecule has 0 radical (unpaired) electrons. The van der Waals surface area contributed by atoms with Crippen molar-refractivity contribution in [2.45, 2.75) is 78.1 Å². The van der Waals surface area contributed by atoms with Gasteiger partial charge in [-0.3, -0.25) is 4.79 Å². The molecule has 0 spiro atoms. The topological polar surface area (TPSA) is 64.6 Å². The third kappa shape index (κ3) is 10.1. The summed E-state index contributed by atoms with van der Waals surface area (Å²) in [6, 6.07) is 14.0. The molecule has 0 heterocycles. The van der Waals surface area contributed by atoms with Gasteiger partial charge in [-0.15, -0.1) is 0 Å². The highest BCUT2D eigenvalue weighted by atomic mass is 16.6. The maximum atomic E-state index is 12.9.